The zero-order chi connectivity index (χ0) is 19.0. The first-order valence-electron chi connectivity index (χ1n) is 9.55. The smallest absolute Gasteiger partial charge is 0.353 e. The van der Waals surface area contributed by atoms with Gasteiger partial charge in [0, 0.05) is 0 Å². The second-order valence-corrected chi connectivity index (χ2v) is 8.97. The molecule has 5 nitrogen and oxygen atoms in total. The second-order valence-electron chi connectivity index (χ2n) is 8.03. The first kappa shape index (κ1) is 16.2. The van der Waals surface area contributed by atoms with Crippen LogP contribution in [0.3, 0.4) is 0 Å². The lowest BCUT2D eigenvalue weighted by Gasteiger charge is -2.37. The number of esters is 1. The van der Waals surface area contributed by atoms with Gasteiger partial charge in [-0.25, -0.2) is 4.79 Å². The monoisotopic (exact) mass is 391 g/mol. The molecule has 2 aromatic rings. The number of allylic oxidation sites excluding steroid dienone is 2. The minimum absolute atomic E-state index is 0.0805. The molecule has 140 valence electrons. The van der Waals surface area contributed by atoms with Crippen LogP contribution in [0, 0.1) is 35.5 Å². The minimum atomic E-state index is -0.413. The number of hydrogen-bond donors (Lipinski definition) is 0. The molecule has 0 radical (unpaired) electrons. The molecule has 2 saturated carbocycles. The van der Waals surface area contributed by atoms with Gasteiger partial charge in [-0.15, -0.1) is 11.3 Å². The second kappa shape index (κ2) is 5.64. The van der Waals surface area contributed by atoms with Crippen molar-refractivity contribution in [2.75, 3.05) is 4.90 Å². The van der Waals surface area contributed by atoms with E-state index in [-0.39, 0.29) is 35.5 Å². The first-order valence-corrected chi connectivity index (χ1v) is 10.4. The number of rotatable bonds is 3. The van der Waals surface area contributed by atoms with E-state index in [1.54, 1.807) is 36.4 Å². The van der Waals surface area contributed by atoms with Gasteiger partial charge in [0.25, 0.3) is 0 Å². The summed E-state index contributed by atoms with van der Waals surface area (Å²) < 4.78 is 5.36. The molecule has 1 aromatic carbocycles. The normalized spacial score (nSPS) is 34.4. The summed E-state index contributed by atoms with van der Waals surface area (Å²) in [5.74, 6) is 1.01. The molecule has 2 heterocycles. The Morgan fingerprint density at radius 3 is 2.18 bits per heavy atom. The lowest BCUT2D eigenvalue weighted by Crippen LogP contribution is -2.40. The van der Waals surface area contributed by atoms with Crippen molar-refractivity contribution in [2.45, 2.75) is 6.42 Å². The fourth-order valence-electron chi connectivity index (χ4n) is 5.43. The highest BCUT2D eigenvalue weighted by molar-refractivity contribution is 7.12. The number of thiophene rings is 1. The van der Waals surface area contributed by atoms with Gasteiger partial charge in [-0.3, -0.25) is 14.5 Å². The van der Waals surface area contributed by atoms with Gasteiger partial charge in [-0.2, -0.15) is 0 Å². The van der Waals surface area contributed by atoms with Crippen LogP contribution in [0.15, 0.2) is 53.9 Å². The van der Waals surface area contributed by atoms with Crippen molar-refractivity contribution in [1.82, 2.24) is 0 Å². The van der Waals surface area contributed by atoms with Crippen molar-refractivity contribution >= 4 is 34.8 Å². The van der Waals surface area contributed by atoms with Crippen LogP contribution in [0.5, 0.6) is 5.75 Å². The van der Waals surface area contributed by atoms with Crippen LogP contribution in [0.2, 0.25) is 0 Å². The molecule has 6 heteroatoms. The predicted octanol–water partition coefficient (Wildman–Crippen LogP) is 3.52. The van der Waals surface area contributed by atoms with Crippen LogP contribution < -0.4 is 9.64 Å². The molecule has 1 aliphatic heterocycles. The number of ether oxygens (including phenoxy) is 1. The van der Waals surface area contributed by atoms with Gasteiger partial charge in [-0.05, 0) is 65.8 Å². The number of imide groups is 1. The fraction of sp³-hybridized carbons (Fsp3) is 0.318. The van der Waals surface area contributed by atoms with Crippen molar-refractivity contribution in [3.8, 4) is 5.75 Å². The van der Waals surface area contributed by atoms with Gasteiger partial charge in [-0.1, -0.05) is 18.2 Å². The van der Waals surface area contributed by atoms with E-state index < -0.39 is 5.97 Å². The number of benzene rings is 1. The van der Waals surface area contributed by atoms with Gasteiger partial charge >= 0.3 is 5.97 Å². The molecule has 1 saturated heterocycles. The zero-order valence-corrected chi connectivity index (χ0v) is 15.7. The van der Waals surface area contributed by atoms with E-state index in [0.29, 0.717) is 28.1 Å². The Labute approximate surface area is 165 Å². The highest BCUT2D eigenvalue weighted by Gasteiger charge is 2.67. The highest BCUT2D eigenvalue weighted by atomic mass is 32.1. The van der Waals surface area contributed by atoms with Crippen molar-refractivity contribution in [3.63, 3.8) is 0 Å². The summed E-state index contributed by atoms with van der Waals surface area (Å²) in [5, 5.41) is 1.82. The Bertz CT molecular complexity index is 989. The quantitative estimate of drug-likeness (QED) is 0.348. The van der Waals surface area contributed by atoms with E-state index >= 15 is 0 Å². The van der Waals surface area contributed by atoms with Crippen LogP contribution in [0.25, 0.3) is 0 Å². The summed E-state index contributed by atoms with van der Waals surface area (Å²) in [4.78, 5) is 40.2. The molecule has 0 spiro atoms. The maximum Gasteiger partial charge on any atom is 0.353 e. The van der Waals surface area contributed by atoms with Crippen molar-refractivity contribution in [2.24, 2.45) is 35.5 Å². The number of nitrogens with zero attached hydrogens (tertiary/aromatic N) is 1. The van der Waals surface area contributed by atoms with Gasteiger partial charge in [0.1, 0.15) is 10.6 Å². The number of carbonyl (C=O) groups excluding carboxylic acids is 3. The topological polar surface area (TPSA) is 63.7 Å². The number of carbonyl (C=O) groups is 3. The van der Waals surface area contributed by atoms with E-state index in [0.717, 1.165) is 6.42 Å². The lowest BCUT2D eigenvalue weighted by atomic mass is 9.63. The molecule has 4 aliphatic carbocycles. The van der Waals surface area contributed by atoms with Crippen molar-refractivity contribution in [3.05, 3.63) is 58.8 Å². The van der Waals surface area contributed by atoms with E-state index in [1.165, 1.54) is 16.2 Å². The average Bonchev–Trinajstić information content (AvgIpc) is 3.27. The molecular weight excluding hydrogens is 374 g/mol. The SMILES string of the molecule is O=C(Oc1ccc(N2C(=O)[C@@H]3[C@H]4C=C[C@@H]([C@@H]5C[C@@H]45)[C@H]3C2=O)cc1)c1cccs1. The summed E-state index contributed by atoms with van der Waals surface area (Å²) in [6.45, 7) is 0. The average molecular weight is 391 g/mol. The molecule has 2 bridgehead atoms. The Morgan fingerprint density at radius 1 is 0.964 bits per heavy atom. The summed E-state index contributed by atoms with van der Waals surface area (Å²) in [6, 6.07) is 10.1. The van der Waals surface area contributed by atoms with Crippen LogP contribution in [-0.4, -0.2) is 17.8 Å². The molecular formula is C22H17NO4S. The fourth-order valence-corrected chi connectivity index (χ4v) is 6.03. The zero-order valence-electron chi connectivity index (χ0n) is 14.9. The minimum Gasteiger partial charge on any atom is -0.422 e. The summed E-state index contributed by atoms with van der Waals surface area (Å²) in [6.07, 6.45) is 5.49. The molecule has 1 aromatic heterocycles. The van der Waals surface area contributed by atoms with E-state index in [9.17, 15) is 14.4 Å². The number of anilines is 1. The third kappa shape index (κ3) is 2.15. The molecule has 0 N–H and O–H groups in total. The van der Waals surface area contributed by atoms with Crippen LogP contribution in [0.4, 0.5) is 5.69 Å². The number of hydrogen-bond acceptors (Lipinski definition) is 5. The van der Waals surface area contributed by atoms with E-state index in [4.69, 9.17) is 4.74 Å². The van der Waals surface area contributed by atoms with Gasteiger partial charge in [0.05, 0.1) is 17.5 Å². The molecule has 28 heavy (non-hydrogen) atoms. The predicted molar refractivity (Wildman–Crippen MR) is 103 cm³/mol. The standard InChI is InChI=1S/C22H17NO4S/c24-20-18-13-7-8-14(16-10-15(13)16)19(18)21(25)23(20)11-3-5-12(6-4-11)27-22(26)17-2-1-9-28-17/h1-9,13-16,18-19H,10H2/t13-,14-,15-,16-,18+,19+/m0/s1. The largest absolute Gasteiger partial charge is 0.422 e. The van der Waals surface area contributed by atoms with Crippen molar-refractivity contribution < 1.29 is 19.1 Å². The van der Waals surface area contributed by atoms with Crippen LogP contribution in [-0.2, 0) is 9.59 Å². The van der Waals surface area contributed by atoms with Gasteiger partial charge in [0.15, 0.2) is 0 Å². The summed E-state index contributed by atoms with van der Waals surface area (Å²) in [5.41, 5.74) is 0.549. The lowest BCUT2D eigenvalue weighted by molar-refractivity contribution is -0.124. The highest BCUT2D eigenvalue weighted by Crippen LogP contribution is 2.65. The molecule has 2 amide bonds. The third-order valence-corrected chi connectivity index (χ3v) is 7.54. The van der Waals surface area contributed by atoms with E-state index in [1.807, 2.05) is 5.38 Å². The molecule has 0 unspecified atom stereocenters. The van der Waals surface area contributed by atoms with Crippen LogP contribution >= 0.6 is 11.3 Å². The molecule has 7 rings (SSSR count). The maximum absolute atomic E-state index is 13.1. The summed E-state index contributed by atoms with van der Waals surface area (Å²) in [7, 11) is 0. The Balaban J connectivity index is 1.25. The van der Waals surface area contributed by atoms with Crippen molar-refractivity contribution in [1.29, 1.82) is 0 Å². The Morgan fingerprint density at radius 2 is 1.61 bits per heavy atom. The molecule has 6 atom stereocenters. The first-order chi connectivity index (χ1) is 13.6. The van der Waals surface area contributed by atoms with Crippen LogP contribution in [0.1, 0.15) is 16.1 Å². The van der Waals surface area contributed by atoms with E-state index in [2.05, 4.69) is 12.2 Å². The van der Waals surface area contributed by atoms with Gasteiger partial charge < -0.3 is 4.74 Å². The number of amides is 2. The molecule has 5 aliphatic rings. The van der Waals surface area contributed by atoms with Gasteiger partial charge in [0.2, 0.25) is 11.8 Å². The molecule has 3 fully saturated rings. The maximum atomic E-state index is 13.1. The summed E-state index contributed by atoms with van der Waals surface area (Å²) >= 11 is 1.32. The third-order valence-electron chi connectivity index (χ3n) is 6.69. The Kier molecular flexibility index (Phi) is 3.27. The Hall–Kier alpha value is -2.73.